The number of nitrogens with one attached hydrogen (secondary N) is 1. The summed E-state index contributed by atoms with van der Waals surface area (Å²) >= 11 is 3.10. The summed E-state index contributed by atoms with van der Waals surface area (Å²) < 4.78 is 13.9. The van der Waals surface area contributed by atoms with Crippen LogP contribution in [0.15, 0.2) is 22.7 Å². The van der Waals surface area contributed by atoms with Gasteiger partial charge in [0, 0.05) is 4.47 Å². The van der Waals surface area contributed by atoms with Crippen LogP contribution in [-0.2, 0) is 4.79 Å². The molecule has 1 aromatic rings. The summed E-state index contributed by atoms with van der Waals surface area (Å²) in [6.45, 7) is 2.66. The maximum absolute atomic E-state index is 13.3. The molecule has 0 aliphatic heterocycles. The van der Waals surface area contributed by atoms with E-state index in [1.165, 1.54) is 26.0 Å². The number of carbonyl (C=O) groups excluding carboxylic acids is 1. The zero-order valence-corrected chi connectivity index (χ0v) is 9.93. The van der Waals surface area contributed by atoms with Crippen molar-refractivity contribution in [2.24, 2.45) is 0 Å². The maximum atomic E-state index is 13.3. The van der Waals surface area contributed by atoms with Crippen LogP contribution in [-0.4, -0.2) is 16.6 Å². The molecule has 0 atom stereocenters. The van der Waals surface area contributed by atoms with Crippen LogP contribution in [0.1, 0.15) is 13.8 Å². The molecule has 5 heteroatoms. The lowest BCUT2D eigenvalue weighted by Crippen LogP contribution is -2.36. The molecule has 3 nitrogen and oxygen atoms in total. The predicted octanol–water partition coefficient (Wildman–Crippen LogP) is 2.30. The van der Waals surface area contributed by atoms with Crippen molar-refractivity contribution in [1.82, 2.24) is 0 Å². The molecule has 0 heterocycles. The first kappa shape index (κ1) is 12.1. The summed E-state index contributed by atoms with van der Waals surface area (Å²) in [6, 6.07) is 4.26. The van der Waals surface area contributed by atoms with E-state index in [0.717, 1.165) is 0 Å². The van der Waals surface area contributed by atoms with E-state index in [4.69, 9.17) is 0 Å². The second-order valence-corrected chi connectivity index (χ2v) is 4.55. The third-order valence-electron chi connectivity index (χ3n) is 1.74. The van der Waals surface area contributed by atoms with Crippen LogP contribution in [0.4, 0.5) is 10.1 Å². The molecule has 0 radical (unpaired) electrons. The number of aliphatic hydroxyl groups is 1. The lowest BCUT2D eigenvalue weighted by molar-refractivity contribution is -0.130. The number of rotatable bonds is 2. The predicted molar refractivity (Wildman–Crippen MR) is 59.0 cm³/mol. The van der Waals surface area contributed by atoms with Gasteiger partial charge in [-0.3, -0.25) is 4.79 Å². The van der Waals surface area contributed by atoms with E-state index < -0.39 is 17.3 Å². The van der Waals surface area contributed by atoms with Crippen LogP contribution in [0.5, 0.6) is 0 Å². The second kappa shape index (κ2) is 4.28. The number of amides is 1. The van der Waals surface area contributed by atoms with Gasteiger partial charge in [-0.05, 0) is 32.0 Å². The second-order valence-electron chi connectivity index (χ2n) is 3.64. The van der Waals surface area contributed by atoms with Crippen LogP contribution in [0, 0.1) is 5.82 Å². The molecule has 0 saturated carbocycles. The molecule has 2 N–H and O–H groups in total. The summed E-state index contributed by atoms with van der Waals surface area (Å²) in [7, 11) is 0. The molecule has 0 spiro atoms. The maximum Gasteiger partial charge on any atom is 0.255 e. The molecule has 0 aliphatic rings. The van der Waals surface area contributed by atoms with E-state index >= 15 is 0 Å². The topological polar surface area (TPSA) is 49.3 Å². The molecular weight excluding hydrogens is 265 g/mol. The first-order valence-electron chi connectivity index (χ1n) is 4.29. The molecule has 0 fully saturated rings. The lowest BCUT2D eigenvalue weighted by atomic mass is 10.1. The van der Waals surface area contributed by atoms with Gasteiger partial charge in [0.2, 0.25) is 0 Å². The van der Waals surface area contributed by atoms with E-state index in [0.29, 0.717) is 4.47 Å². The molecule has 0 unspecified atom stereocenters. The summed E-state index contributed by atoms with van der Waals surface area (Å²) in [5, 5.41) is 11.6. The molecule has 82 valence electrons. The number of hydrogen-bond donors (Lipinski definition) is 2. The number of carbonyl (C=O) groups is 1. The lowest BCUT2D eigenvalue weighted by Gasteiger charge is -2.16. The molecule has 1 aromatic carbocycles. The number of hydrogen-bond acceptors (Lipinski definition) is 2. The average Bonchev–Trinajstić information content (AvgIpc) is 2.08. The van der Waals surface area contributed by atoms with Gasteiger partial charge >= 0.3 is 0 Å². The highest BCUT2D eigenvalue weighted by atomic mass is 79.9. The monoisotopic (exact) mass is 275 g/mol. The Kier molecular flexibility index (Phi) is 3.46. The van der Waals surface area contributed by atoms with Gasteiger partial charge in [0.25, 0.3) is 5.91 Å². The van der Waals surface area contributed by atoms with E-state index in [2.05, 4.69) is 21.2 Å². The van der Waals surface area contributed by atoms with Gasteiger partial charge in [0.05, 0.1) is 5.69 Å². The van der Waals surface area contributed by atoms with Crippen molar-refractivity contribution < 1.29 is 14.3 Å². The van der Waals surface area contributed by atoms with E-state index in [9.17, 15) is 14.3 Å². The van der Waals surface area contributed by atoms with Gasteiger partial charge in [0.1, 0.15) is 11.4 Å². The Labute approximate surface area is 95.4 Å². The van der Waals surface area contributed by atoms with Gasteiger partial charge < -0.3 is 10.4 Å². The molecule has 0 saturated heterocycles. The van der Waals surface area contributed by atoms with E-state index in [1.54, 1.807) is 6.07 Å². The molecule has 1 amide bonds. The van der Waals surface area contributed by atoms with Crippen LogP contribution >= 0.6 is 15.9 Å². The minimum atomic E-state index is -1.53. The van der Waals surface area contributed by atoms with Crippen LogP contribution in [0.25, 0.3) is 0 Å². The minimum absolute atomic E-state index is 0.0466. The molecule has 0 bridgehead atoms. The minimum Gasteiger partial charge on any atom is -0.381 e. The molecular formula is C10H11BrFNO2. The van der Waals surface area contributed by atoms with Crippen molar-refractivity contribution in [2.45, 2.75) is 19.4 Å². The fourth-order valence-electron chi connectivity index (χ4n) is 0.866. The van der Waals surface area contributed by atoms with Gasteiger partial charge in [-0.15, -0.1) is 0 Å². The third-order valence-corrected chi connectivity index (χ3v) is 2.23. The van der Waals surface area contributed by atoms with Crippen molar-refractivity contribution in [2.75, 3.05) is 5.32 Å². The standard InChI is InChI=1S/C10H11BrFNO2/c1-10(2,15)9(14)13-8-4-3-6(11)5-7(8)12/h3-5,15H,1-2H3,(H,13,14). The number of anilines is 1. The largest absolute Gasteiger partial charge is 0.381 e. The Morgan fingerprint density at radius 1 is 1.53 bits per heavy atom. The van der Waals surface area contributed by atoms with Crippen molar-refractivity contribution >= 4 is 27.5 Å². The van der Waals surface area contributed by atoms with Crippen LogP contribution in [0.3, 0.4) is 0 Å². The highest BCUT2D eigenvalue weighted by Crippen LogP contribution is 2.20. The molecule has 0 aromatic heterocycles. The molecule has 15 heavy (non-hydrogen) atoms. The SMILES string of the molecule is CC(C)(O)C(=O)Nc1ccc(Br)cc1F. The molecule has 0 aliphatic carbocycles. The number of benzene rings is 1. The highest BCUT2D eigenvalue weighted by Gasteiger charge is 2.24. The quantitative estimate of drug-likeness (QED) is 0.870. The van der Waals surface area contributed by atoms with Gasteiger partial charge in [-0.25, -0.2) is 4.39 Å². The Balaban J connectivity index is 2.87. The van der Waals surface area contributed by atoms with Gasteiger partial charge in [0.15, 0.2) is 0 Å². The third kappa shape index (κ3) is 3.28. The Hall–Kier alpha value is -0.940. The van der Waals surface area contributed by atoms with Crippen LogP contribution in [0.2, 0.25) is 0 Å². The fraction of sp³-hybridized carbons (Fsp3) is 0.300. The zero-order chi connectivity index (χ0) is 11.6. The Morgan fingerprint density at radius 3 is 2.60 bits per heavy atom. The van der Waals surface area contributed by atoms with Crippen molar-refractivity contribution in [3.63, 3.8) is 0 Å². The summed E-state index contributed by atoms with van der Waals surface area (Å²) in [5.41, 5.74) is -1.48. The Bertz CT molecular complexity index is 387. The van der Waals surface area contributed by atoms with Gasteiger partial charge in [-0.2, -0.15) is 0 Å². The van der Waals surface area contributed by atoms with Crippen molar-refractivity contribution in [1.29, 1.82) is 0 Å². The van der Waals surface area contributed by atoms with Gasteiger partial charge in [-0.1, -0.05) is 15.9 Å². The number of halogens is 2. The average molecular weight is 276 g/mol. The van der Waals surface area contributed by atoms with Crippen LogP contribution < -0.4 is 5.32 Å². The Morgan fingerprint density at radius 2 is 2.13 bits per heavy atom. The highest BCUT2D eigenvalue weighted by molar-refractivity contribution is 9.10. The smallest absolute Gasteiger partial charge is 0.255 e. The van der Waals surface area contributed by atoms with Crippen molar-refractivity contribution in [3.8, 4) is 0 Å². The van der Waals surface area contributed by atoms with Crippen molar-refractivity contribution in [3.05, 3.63) is 28.5 Å². The summed E-state index contributed by atoms with van der Waals surface area (Å²) in [5.74, 6) is -1.20. The van der Waals surface area contributed by atoms with E-state index in [1.807, 2.05) is 0 Å². The summed E-state index contributed by atoms with van der Waals surface area (Å²) in [6.07, 6.45) is 0. The normalized spacial score (nSPS) is 11.3. The fourth-order valence-corrected chi connectivity index (χ4v) is 1.20. The first-order chi connectivity index (χ1) is 6.80. The molecule has 1 rings (SSSR count). The summed E-state index contributed by atoms with van der Waals surface area (Å²) in [4.78, 5) is 11.3. The van der Waals surface area contributed by atoms with E-state index in [-0.39, 0.29) is 5.69 Å². The first-order valence-corrected chi connectivity index (χ1v) is 5.09. The zero-order valence-electron chi connectivity index (χ0n) is 8.34.